The maximum Gasteiger partial charge on any atom is 0.150 e. The van der Waals surface area contributed by atoms with Crippen LogP contribution in [-0.4, -0.2) is 43.7 Å². The van der Waals surface area contributed by atoms with Gasteiger partial charge in [0.1, 0.15) is 9.84 Å². The van der Waals surface area contributed by atoms with Crippen LogP contribution in [0, 0.1) is 5.92 Å². The Balaban J connectivity index is 3.93. The first-order chi connectivity index (χ1) is 8.18. The summed E-state index contributed by atoms with van der Waals surface area (Å²) >= 11 is 0. The minimum absolute atomic E-state index is 0.0814. The molecule has 0 aliphatic rings. The van der Waals surface area contributed by atoms with Gasteiger partial charge < -0.3 is 10.4 Å². The maximum atomic E-state index is 11.6. The lowest BCUT2D eigenvalue weighted by molar-refractivity contribution is 0.0478. The van der Waals surface area contributed by atoms with Crippen molar-refractivity contribution in [3.05, 3.63) is 0 Å². The first-order valence-electron chi connectivity index (χ1n) is 6.82. The van der Waals surface area contributed by atoms with E-state index in [9.17, 15) is 13.5 Å². The number of hydrogen-bond acceptors (Lipinski definition) is 4. The Labute approximate surface area is 112 Å². The monoisotopic (exact) mass is 279 g/mol. The van der Waals surface area contributed by atoms with E-state index in [1.807, 2.05) is 6.92 Å². The van der Waals surface area contributed by atoms with Gasteiger partial charge in [0, 0.05) is 5.75 Å². The van der Waals surface area contributed by atoms with Crippen LogP contribution >= 0.6 is 0 Å². The van der Waals surface area contributed by atoms with Crippen LogP contribution in [0.25, 0.3) is 0 Å². The third kappa shape index (κ3) is 9.85. The molecular weight excluding hydrogens is 250 g/mol. The van der Waals surface area contributed by atoms with E-state index in [4.69, 9.17) is 0 Å². The predicted octanol–water partition coefficient (Wildman–Crippen LogP) is 1.59. The van der Waals surface area contributed by atoms with Crippen LogP contribution < -0.4 is 5.32 Å². The van der Waals surface area contributed by atoms with Crippen molar-refractivity contribution in [2.75, 3.05) is 24.6 Å². The summed E-state index contributed by atoms with van der Waals surface area (Å²) in [4.78, 5) is 0. The van der Waals surface area contributed by atoms with Crippen LogP contribution in [0.5, 0.6) is 0 Å². The Kier molecular flexibility index (Phi) is 8.06. The maximum absolute atomic E-state index is 11.6. The van der Waals surface area contributed by atoms with E-state index in [0.717, 1.165) is 13.1 Å². The molecule has 1 atom stereocenters. The van der Waals surface area contributed by atoms with Crippen molar-refractivity contribution in [1.82, 2.24) is 5.32 Å². The average molecular weight is 279 g/mol. The molecule has 110 valence electrons. The smallest absolute Gasteiger partial charge is 0.150 e. The number of sulfone groups is 1. The quantitative estimate of drug-likeness (QED) is 0.596. The molecule has 5 heteroatoms. The lowest BCUT2D eigenvalue weighted by atomic mass is 9.99. The molecule has 0 spiro atoms. The second-order valence-corrected chi connectivity index (χ2v) is 8.05. The molecule has 0 bridgehead atoms. The molecular formula is C13H29NO3S. The number of aliphatic hydroxyl groups is 1. The molecule has 0 aromatic rings. The van der Waals surface area contributed by atoms with E-state index in [-0.39, 0.29) is 11.5 Å². The van der Waals surface area contributed by atoms with Crippen molar-refractivity contribution in [2.45, 2.75) is 52.6 Å². The fourth-order valence-corrected chi connectivity index (χ4v) is 3.24. The first kappa shape index (κ1) is 17.9. The van der Waals surface area contributed by atoms with Gasteiger partial charge in [0.2, 0.25) is 0 Å². The van der Waals surface area contributed by atoms with Crippen molar-refractivity contribution in [3.63, 3.8) is 0 Å². The summed E-state index contributed by atoms with van der Waals surface area (Å²) in [5.41, 5.74) is -0.898. The van der Waals surface area contributed by atoms with E-state index in [0.29, 0.717) is 25.2 Å². The van der Waals surface area contributed by atoms with E-state index >= 15 is 0 Å². The normalized spacial score (nSPS) is 15.9. The van der Waals surface area contributed by atoms with Gasteiger partial charge in [0.25, 0.3) is 0 Å². The van der Waals surface area contributed by atoms with Crippen molar-refractivity contribution in [3.8, 4) is 0 Å². The van der Waals surface area contributed by atoms with Crippen LogP contribution in [0.2, 0.25) is 0 Å². The minimum atomic E-state index is -2.99. The Morgan fingerprint density at radius 2 is 1.83 bits per heavy atom. The standard InChI is InChI=1S/C13H29NO3S/c1-5-9-18(16,17)10-7-13(4,15)6-8-14-11-12(2)3/h12,14-15H,5-11H2,1-4H3. The Hall–Kier alpha value is -0.130. The zero-order valence-electron chi connectivity index (χ0n) is 12.2. The molecule has 0 aromatic carbocycles. The highest BCUT2D eigenvalue weighted by Gasteiger charge is 2.23. The van der Waals surface area contributed by atoms with E-state index < -0.39 is 15.4 Å². The zero-order valence-corrected chi connectivity index (χ0v) is 13.0. The summed E-state index contributed by atoms with van der Waals surface area (Å²) in [7, 11) is -2.99. The molecule has 4 nitrogen and oxygen atoms in total. The SMILES string of the molecule is CCCS(=O)(=O)CCC(C)(O)CCNCC(C)C. The highest BCUT2D eigenvalue weighted by atomic mass is 32.2. The molecule has 0 aromatic heterocycles. The van der Waals surface area contributed by atoms with Gasteiger partial charge in [-0.25, -0.2) is 8.42 Å². The van der Waals surface area contributed by atoms with Gasteiger partial charge in [-0.2, -0.15) is 0 Å². The Morgan fingerprint density at radius 3 is 2.33 bits per heavy atom. The van der Waals surface area contributed by atoms with Crippen molar-refractivity contribution in [2.24, 2.45) is 5.92 Å². The topological polar surface area (TPSA) is 66.4 Å². The Morgan fingerprint density at radius 1 is 1.22 bits per heavy atom. The lowest BCUT2D eigenvalue weighted by Crippen LogP contribution is -2.33. The molecule has 0 aliphatic carbocycles. The predicted molar refractivity (Wildman–Crippen MR) is 76.5 cm³/mol. The van der Waals surface area contributed by atoms with E-state index in [2.05, 4.69) is 19.2 Å². The van der Waals surface area contributed by atoms with Crippen LogP contribution in [0.3, 0.4) is 0 Å². The molecule has 1 unspecified atom stereocenters. The lowest BCUT2D eigenvalue weighted by Gasteiger charge is -2.23. The van der Waals surface area contributed by atoms with Gasteiger partial charge in [-0.3, -0.25) is 0 Å². The Bertz CT molecular complexity index is 310. The van der Waals surface area contributed by atoms with Gasteiger partial charge >= 0.3 is 0 Å². The van der Waals surface area contributed by atoms with Crippen LogP contribution in [0.1, 0.15) is 47.0 Å². The average Bonchev–Trinajstić information content (AvgIpc) is 2.22. The fourth-order valence-electron chi connectivity index (χ4n) is 1.66. The highest BCUT2D eigenvalue weighted by Crippen LogP contribution is 2.15. The summed E-state index contributed by atoms with van der Waals surface area (Å²) in [6, 6.07) is 0. The molecule has 0 aliphatic heterocycles. The summed E-state index contributed by atoms with van der Waals surface area (Å²) in [5, 5.41) is 13.4. The molecule has 18 heavy (non-hydrogen) atoms. The number of rotatable bonds is 10. The van der Waals surface area contributed by atoms with Crippen LogP contribution in [0.4, 0.5) is 0 Å². The summed E-state index contributed by atoms with van der Waals surface area (Å²) in [6.45, 7) is 9.46. The van der Waals surface area contributed by atoms with E-state index in [1.54, 1.807) is 6.92 Å². The minimum Gasteiger partial charge on any atom is -0.390 e. The van der Waals surface area contributed by atoms with Gasteiger partial charge in [-0.05, 0) is 45.2 Å². The van der Waals surface area contributed by atoms with Crippen LogP contribution in [-0.2, 0) is 9.84 Å². The third-order valence-electron chi connectivity index (χ3n) is 2.86. The third-order valence-corrected chi connectivity index (χ3v) is 4.72. The fraction of sp³-hybridized carbons (Fsp3) is 1.00. The molecule has 0 amide bonds. The van der Waals surface area contributed by atoms with Gasteiger partial charge in [0.15, 0.2) is 0 Å². The molecule has 2 N–H and O–H groups in total. The van der Waals surface area contributed by atoms with Gasteiger partial charge in [0.05, 0.1) is 11.4 Å². The molecule has 0 saturated carbocycles. The van der Waals surface area contributed by atoms with Crippen molar-refractivity contribution in [1.29, 1.82) is 0 Å². The highest BCUT2D eigenvalue weighted by molar-refractivity contribution is 7.91. The van der Waals surface area contributed by atoms with Crippen LogP contribution in [0.15, 0.2) is 0 Å². The summed E-state index contributed by atoms with van der Waals surface area (Å²) in [6.07, 6.45) is 1.54. The first-order valence-corrected chi connectivity index (χ1v) is 8.64. The second-order valence-electron chi connectivity index (χ2n) is 5.75. The number of nitrogens with one attached hydrogen (secondary N) is 1. The van der Waals surface area contributed by atoms with E-state index in [1.165, 1.54) is 0 Å². The van der Waals surface area contributed by atoms with Gasteiger partial charge in [-0.1, -0.05) is 20.8 Å². The second kappa shape index (κ2) is 8.12. The summed E-state index contributed by atoms with van der Waals surface area (Å²) < 4.78 is 23.1. The molecule has 0 rings (SSSR count). The molecule has 0 heterocycles. The molecule has 0 saturated heterocycles. The largest absolute Gasteiger partial charge is 0.390 e. The zero-order chi connectivity index (χ0) is 14.2. The van der Waals surface area contributed by atoms with Crippen molar-refractivity contribution < 1.29 is 13.5 Å². The summed E-state index contributed by atoms with van der Waals surface area (Å²) in [5.74, 6) is 0.882. The number of hydrogen-bond donors (Lipinski definition) is 2. The van der Waals surface area contributed by atoms with Crippen molar-refractivity contribution >= 4 is 9.84 Å². The molecule has 0 radical (unpaired) electrons. The molecule has 0 fully saturated rings. The van der Waals surface area contributed by atoms with Gasteiger partial charge in [-0.15, -0.1) is 0 Å².